The van der Waals surface area contributed by atoms with Crippen LogP contribution in [0.15, 0.2) is 46.5 Å². The molecule has 1 aromatic heterocycles. The van der Waals surface area contributed by atoms with Gasteiger partial charge in [-0.05, 0) is 38.0 Å². The van der Waals surface area contributed by atoms with Gasteiger partial charge in [-0.2, -0.15) is 0 Å². The van der Waals surface area contributed by atoms with Gasteiger partial charge in [0.2, 0.25) is 5.78 Å². The lowest BCUT2D eigenvalue weighted by Gasteiger charge is -2.65. The molecule has 10 nitrogen and oxygen atoms in total. The fraction of sp³-hybridized carbons (Fsp3) is 0.600. The van der Waals surface area contributed by atoms with Crippen molar-refractivity contribution in [1.29, 1.82) is 0 Å². The van der Waals surface area contributed by atoms with Crippen LogP contribution in [0, 0.1) is 27.6 Å². The summed E-state index contributed by atoms with van der Waals surface area (Å²) >= 11 is 0. The van der Waals surface area contributed by atoms with Crippen molar-refractivity contribution in [2.75, 3.05) is 7.11 Å². The second-order valence-electron chi connectivity index (χ2n) is 12.6. The van der Waals surface area contributed by atoms with Gasteiger partial charge in [0, 0.05) is 34.7 Å². The number of aliphatic hydroxyl groups excluding tert-OH is 2. The monoisotopic (exact) mass is 554 g/mol. The molecular formula is C30H34O10. The van der Waals surface area contributed by atoms with Crippen molar-refractivity contribution in [2.45, 2.75) is 77.3 Å². The molecule has 1 aromatic rings. The Hall–Kier alpha value is -3.24. The van der Waals surface area contributed by atoms with Crippen LogP contribution in [0.1, 0.15) is 58.9 Å². The first-order valence-corrected chi connectivity index (χ1v) is 13.6. The van der Waals surface area contributed by atoms with Gasteiger partial charge in [-0.25, -0.2) is 0 Å². The van der Waals surface area contributed by atoms with Gasteiger partial charge in [0.15, 0.2) is 17.0 Å². The van der Waals surface area contributed by atoms with E-state index in [0.29, 0.717) is 6.42 Å². The smallest absolute Gasteiger partial charge is 0.323 e. The van der Waals surface area contributed by atoms with Gasteiger partial charge < -0.3 is 28.8 Å². The Morgan fingerprint density at radius 1 is 1.18 bits per heavy atom. The molecule has 10 atom stereocenters. The van der Waals surface area contributed by atoms with Crippen molar-refractivity contribution in [2.24, 2.45) is 27.6 Å². The van der Waals surface area contributed by atoms with E-state index in [0.717, 1.165) is 12.7 Å². The van der Waals surface area contributed by atoms with Crippen LogP contribution in [0.5, 0.6) is 0 Å². The highest BCUT2D eigenvalue weighted by atomic mass is 16.6. The van der Waals surface area contributed by atoms with E-state index < -0.39 is 80.8 Å². The molecule has 0 radical (unpaired) electrons. The predicted octanol–water partition coefficient (Wildman–Crippen LogP) is 2.95. The number of allylic oxidation sites excluding steroid dienone is 3. The fourth-order valence-electron chi connectivity index (χ4n) is 9.44. The molecule has 1 spiro atoms. The minimum Gasteiger partial charge on any atom is -0.504 e. The number of carbonyl (C=O) groups is 4. The standard InChI is InChI=1S/C30H34O10/c1-7-18(32)39-24-20(34)22-26(2)10-8-16(31)27(3,25(36)37-6)21(26)19(33)23(35)29(22,5)30-17(40-30)12-15(28(24,30)4)14-9-11-38-13-14/h8-11,13,15,17,20,22,24,33-34H,7,12H2,1-6H3/t15-,17+,20+,22+,24-,26-,27-,28+,29-,30+/m0/s1. The number of furan rings is 1. The number of esters is 2. The lowest BCUT2D eigenvalue weighted by molar-refractivity contribution is -0.241. The fourth-order valence-corrected chi connectivity index (χ4v) is 9.44. The summed E-state index contributed by atoms with van der Waals surface area (Å²) in [6.07, 6.45) is 3.45. The van der Waals surface area contributed by atoms with Crippen molar-refractivity contribution in [3.63, 3.8) is 0 Å². The molecule has 10 heteroatoms. The Kier molecular flexibility index (Phi) is 5.35. The van der Waals surface area contributed by atoms with E-state index in [4.69, 9.17) is 18.6 Å². The maximum absolute atomic E-state index is 14.5. The van der Waals surface area contributed by atoms with Gasteiger partial charge in [-0.3, -0.25) is 19.2 Å². The Labute approximate surface area is 231 Å². The van der Waals surface area contributed by atoms with Gasteiger partial charge >= 0.3 is 11.9 Å². The summed E-state index contributed by atoms with van der Waals surface area (Å²) in [5.74, 6) is -4.90. The summed E-state index contributed by atoms with van der Waals surface area (Å²) in [4.78, 5) is 53.6. The zero-order chi connectivity index (χ0) is 29.2. The number of hydrogen-bond donors (Lipinski definition) is 2. The molecule has 2 heterocycles. The zero-order valence-electron chi connectivity index (χ0n) is 23.3. The van der Waals surface area contributed by atoms with Crippen LogP contribution in [0.25, 0.3) is 0 Å². The van der Waals surface area contributed by atoms with Crippen LogP contribution >= 0.6 is 0 Å². The maximum Gasteiger partial charge on any atom is 0.323 e. The normalized spacial score (nSPS) is 46.7. The van der Waals surface area contributed by atoms with Crippen LogP contribution in [-0.2, 0) is 33.4 Å². The molecular weight excluding hydrogens is 520 g/mol. The lowest BCUT2D eigenvalue weighted by atomic mass is 9.38. The highest BCUT2D eigenvalue weighted by Gasteiger charge is 2.91. The number of rotatable bonds is 4. The van der Waals surface area contributed by atoms with Crippen LogP contribution < -0.4 is 0 Å². The summed E-state index contributed by atoms with van der Waals surface area (Å²) < 4.78 is 22.8. The minimum atomic E-state index is -2.01. The lowest BCUT2D eigenvalue weighted by Crippen LogP contribution is -2.75. The summed E-state index contributed by atoms with van der Waals surface area (Å²) in [6, 6.07) is 1.81. The Balaban J connectivity index is 1.65. The van der Waals surface area contributed by atoms with Crippen LogP contribution in [0.2, 0.25) is 0 Å². The van der Waals surface area contributed by atoms with E-state index in [2.05, 4.69) is 0 Å². The third-order valence-corrected chi connectivity index (χ3v) is 11.1. The highest BCUT2D eigenvalue weighted by molar-refractivity contribution is 6.15. The molecule has 5 aliphatic rings. The first-order valence-electron chi connectivity index (χ1n) is 13.6. The number of carbonyl (C=O) groups excluding carboxylic acids is 4. The van der Waals surface area contributed by atoms with Gasteiger partial charge in [0.05, 0.1) is 37.3 Å². The first-order chi connectivity index (χ1) is 18.7. The molecule has 0 bridgehead atoms. The number of aliphatic hydroxyl groups is 2. The average molecular weight is 555 g/mol. The van der Waals surface area contributed by atoms with Crippen molar-refractivity contribution in [3.8, 4) is 0 Å². The maximum atomic E-state index is 14.5. The number of Topliss-reactive ketones (excluding diaryl/α,β-unsaturated/α-hetero) is 1. The second kappa shape index (κ2) is 7.94. The highest BCUT2D eigenvalue weighted by Crippen LogP contribution is 2.81. The zero-order valence-corrected chi connectivity index (χ0v) is 23.3. The van der Waals surface area contributed by atoms with E-state index in [1.54, 1.807) is 27.0 Å². The summed E-state index contributed by atoms with van der Waals surface area (Å²) in [5.41, 5.74) is -6.56. The van der Waals surface area contributed by atoms with Crippen molar-refractivity contribution < 1.29 is 48.0 Å². The molecule has 1 aliphatic heterocycles. The second-order valence-corrected chi connectivity index (χ2v) is 12.6. The average Bonchev–Trinajstić information content (AvgIpc) is 3.28. The molecule has 2 N–H and O–H groups in total. The third-order valence-electron chi connectivity index (χ3n) is 11.1. The van der Waals surface area contributed by atoms with Gasteiger partial charge in [-0.1, -0.05) is 26.8 Å². The number of ketones is 2. The van der Waals surface area contributed by atoms with E-state index in [1.807, 2.05) is 13.0 Å². The summed E-state index contributed by atoms with van der Waals surface area (Å²) in [7, 11) is 1.13. The number of hydrogen-bond acceptors (Lipinski definition) is 10. The number of ether oxygens (including phenoxy) is 3. The van der Waals surface area contributed by atoms with Crippen LogP contribution in [0.4, 0.5) is 0 Å². The Bertz CT molecular complexity index is 1410. The SMILES string of the molecule is CCC(=O)O[C@H]1[C@H](O)[C@@H]2[C@@]3(C)C=CC(=O)[C@](C)(C(=O)OC)C3=C(O)C(=O)[C@@]2(C)[C@@]23O[C@@H]2C[C@@H](c2ccoc2)[C@]13C. The molecule has 40 heavy (non-hydrogen) atoms. The molecule has 1 saturated heterocycles. The molecule has 3 fully saturated rings. The summed E-state index contributed by atoms with van der Waals surface area (Å²) in [5, 5.41) is 24.0. The van der Waals surface area contributed by atoms with E-state index in [-0.39, 0.29) is 17.9 Å². The topological polar surface area (TPSA) is 153 Å². The molecule has 6 rings (SSSR count). The van der Waals surface area contributed by atoms with Crippen molar-refractivity contribution >= 4 is 23.5 Å². The summed E-state index contributed by atoms with van der Waals surface area (Å²) in [6.45, 7) is 8.19. The van der Waals surface area contributed by atoms with Crippen LogP contribution in [0.3, 0.4) is 0 Å². The minimum absolute atomic E-state index is 0.0614. The van der Waals surface area contributed by atoms with Gasteiger partial charge in [0.1, 0.15) is 11.7 Å². The number of fused-ring (bicyclic) bond motifs is 3. The van der Waals surface area contributed by atoms with Gasteiger partial charge in [-0.15, -0.1) is 0 Å². The first kappa shape index (κ1) is 27.0. The number of epoxide rings is 1. The van der Waals surface area contributed by atoms with E-state index >= 15 is 0 Å². The van der Waals surface area contributed by atoms with E-state index in [9.17, 15) is 29.4 Å². The Morgan fingerprint density at radius 2 is 1.88 bits per heavy atom. The van der Waals surface area contributed by atoms with E-state index in [1.165, 1.54) is 25.3 Å². The quantitative estimate of drug-likeness (QED) is 0.323. The largest absolute Gasteiger partial charge is 0.504 e. The molecule has 0 unspecified atom stereocenters. The number of methoxy groups -OCH3 is 1. The predicted molar refractivity (Wildman–Crippen MR) is 137 cm³/mol. The van der Waals surface area contributed by atoms with Crippen molar-refractivity contribution in [1.82, 2.24) is 0 Å². The molecule has 2 saturated carbocycles. The molecule has 0 amide bonds. The van der Waals surface area contributed by atoms with Crippen LogP contribution in [-0.4, -0.2) is 64.7 Å². The van der Waals surface area contributed by atoms with Crippen molar-refractivity contribution in [3.05, 3.63) is 47.6 Å². The molecule has 0 aromatic carbocycles. The molecule has 4 aliphatic carbocycles. The molecule has 214 valence electrons. The Morgan fingerprint density at radius 3 is 2.48 bits per heavy atom. The third kappa shape index (κ3) is 2.63. The van der Waals surface area contributed by atoms with Gasteiger partial charge in [0.25, 0.3) is 0 Å².